The summed E-state index contributed by atoms with van der Waals surface area (Å²) in [6, 6.07) is 2.54. The lowest BCUT2D eigenvalue weighted by atomic mass is 10.1. The van der Waals surface area contributed by atoms with E-state index in [9.17, 15) is 14.0 Å². The van der Waals surface area contributed by atoms with Crippen LogP contribution in [-0.4, -0.2) is 54.7 Å². The van der Waals surface area contributed by atoms with Gasteiger partial charge in [-0.2, -0.15) is 4.39 Å². The molecule has 0 radical (unpaired) electrons. The monoisotopic (exact) mass is 282 g/mol. The number of esters is 1. The second-order valence-corrected chi connectivity index (χ2v) is 4.39. The Kier molecular flexibility index (Phi) is 4.62. The van der Waals surface area contributed by atoms with Crippen LogP contribution in [0.3, 0.4) is 0 Å². The normalized spacial score (nSPS) is 18.7. The minimum Gasteiger partial charge on any atom is -0.469 e. The maximum Gasteiger partial charge on any atom is 0.308 e. The van der Waals surface area contributed by atoms with Crippen molar-refractivity contribution in [1.29, 1.82) is 0 Å². The fourth-order valence-electron chi connectivity index (χ4n) is 2.01. The third-order valence-corrected chi connectivity index (χ3v) is 3.02. The van der Waals surface area contributed by atoms with Gasteiger partial charge in [-0.15, -0.1) is 0 Å². The predicted molar refractivity (Wildman–Crippen MR) is 66.5 cm³/mol. The fraction of sp³-hybridized carbons (Fsp3) is 0.462. The molecule has 0 aliphatic carbocycles. The Hall–Kier alpha value is -2.02. The molecule has 1 unspecified atom stereocenters. The van der Waals surface area contributed by atoms with E-state index in [0.717, 1.165) is 6.07 Å². The van der Waals surface area contributed by atoms with Gasteiger partial charge in [0, 0.05) is 30.9 Å². The number of amides is 1. The summed E-state index contributed by atoms with van der Waals surface area (Å²) in [5, 5.41) is 0. The molecule has 2 heterocycles. The molecule has 1 aliphatic rings. The molecule has 1 aliphatic heterocycles. The molecule has 6 nitrogen and oxygen atoms in total. The molecule has 0 bridgehead atoms. The van der Waals surface area contributed by atoms with E-state index in [1.807, 2.05) is 0 Å². The maximum atomic E-state index is 13.0. The van der Waals surface area contributed by atoms with Crippen molar-refractivity contribution in [2.24, 2.45) is 0 Å². The zero-order chi connectivity index (χ0) is 14.5. The van der Waals surface area contributed by atoms with Crippen molar-refractivity contribution in [1.82, 2.24) is 9.88 Å². The first-order valence-corrected chi connectivity index (χ1v) is 6.19. The van der Waals surface area contributed by atoms with Gasteiger partial charge in [0.2, 0.25) is 5.95 Å². The minimum absolute atomic E-state index is 0.0883. The second kappa shape index (κ2) is 6.42. The topological polar surface area (TPSA) is 68.7 Å². The maximum absolute atomic E-state index is 13.0. The third-order valence-electron chi connectivity index (χ3n) is 3.02. The van der Waals surface area contributed by atoms with Gasteiger partial charge < -0.3 is 14.4 Å². The SMILES string of the molecule is COC(=O)CC1CN(C(=O)c2ccnc(F)c2)CCO1. The average Bonchev–Trinajstić information content (AvgIpc) is 2.46. The highest BCUT2D eigenvalue weighted by atomic mass is 19.1. The molecule has 1 aromatic heterocycles. The molecule has 1 fully saturated rings. The number of pyridine rings is 1. The molecule has 0 N–H and O–H groups in total. The number of hydrogen-bond acceptors (Lipinski definition) is 5. The molecule has 1 atom stereocenters. The summed E-state index contributed by atoms with van der Waals surface area (Å²) < 4.78 is 23.0. The molecule has 7 heteroatoms. The van der Waals surface area contributed by atoms with Crippen LogP contribution in [0.2, 0.25) is 0 Å². The number of nitrogens with zero attached hydrogens (tertiary/aromatic N) is 2. The van der Waals surface area contributed by atoms with Gasteiger partial charge in [-0.05, 0) is 6.07 Å². The van der Waals surface area contributed by atoms with Crippen molar-refractivity contribution in [3.8, 4) is 0 Å². The van der Waals surface area contributed by atoms with Crippen molar-refractivity contribution < 1.29 is 23.5 Å². The van der Waals surface area contributed by atoms with Crippen LogP contribution >= 0.6 is 0 Å². The Morgan fingerprint density at radius 1 is 1.60 bits per heavy atom. The van der Waals surface area contributed by atoms with E-state index in [1.54, 1.807) is 0 Å². The van der Waals surface area contributed by atoms with Crippen molar-refractivity contribution in [3.63, 3.8) is 0 Å². The largest absolute Gasteiger partial charge is 0.469 e. The first kappa shape index (κ1) is 14.4. The van der Waals surface area contributed by atoms with Gasteiger partial charge in [0.05, 0.1) is 26.2 Å². The molecule has 0 aromatic carbocycles. The fourth-order valence-corrected chi connectivity index (χ4v) is 2.01. The Balaban J connectivity index is 2.01. The van der Waals surface area contributed by atoms with Crippen LogP contribution < -0.4 is 0 Å². The van der Waals surface area contributed by atoms with Gasteiger partial charge in [-0.1, -0.05) is 0 Å². The molecule has 20 heavy (non-hydrogen) atoms. The van der Waals surface area contributed by atoms with E-state index in [2.05, 4.69) is 9.72 Å². The highest BCUT2D eigenvalue weighted by Gasteiger charge is 2.27. The standard InChI is InChI=1S/C13H15FN2O4/c1-19-12(17)7-10-8-16(4-5-20-10)13(18)9-2-3-15-11(14)6-9/h2-3,6,10H,4-5,7-8H2,1H3. The number of morpholine rings is 1. The van der Waals surface area contributed by atoms with E-state index >= 15 is 0 Å². The van der Waals surface area contributed by atoms with E-state index in [1.165, 1.54) is 24.3 Å². The molecule has 0 saturated carbocycles. The van der Waals surface area contributed by atoms with Crippen LogP contribution in [0, 0.1) is 5.95 Å². The van der Waals surface area contributed by atoms with Gasteiger partial charge in [0.25, 0.3) is 5.91 Å². The molecular formula is C13H15FN2O4. The highest BCUT2D eigenvalue weighted by molar-refractivity contribution is 5.94. The van der Waals surface area contributed by atoms with Crippen LogP contribution in [-0.2, 0) is 14.3 Å². The van der Waals surface area contributed by atoms with Crippen molar-refractivity contribution in [2.45, 2.75) is 12.5 Å². The van der Waals surface area contributed by atoms with E-state index in [0.29, 0.717) is 13.2 Å². The first-order valence-electron chi connectivity index (χ1n) is 6.19. The van der Waals surface area contributed by atoms with Crippen LogP contribution in [0.5, 0.6) is 0 Å². The van der Waals surface area contributed by atoms with E-state index < -0.39 is 12.1 Å². The summed E-state index contributed by atoms with van der Waals surface area (Å²) in [4.78, 5) is 28.4. The lowest BCUT2D eigenvalue weighted by Crippen LogP contribution is -2.46. The Morgan fingerprint density at radius 2 is 2.40 bits per heavy atom. The number of hydrogen-bond donors (Lipinski definition) is 0. The van der Waals surface area contributed by atoms with Crippen LogP contribution in [0.4, 0.5) is 4.39 Å². The molecule has 108 valence electrons. The Bertz CT molecular complexity index is 509. The Labute approximate surface area is 115 Å². The molecule has 0 spiro atoms. The van der Waals surface area contributed by atoms with Crippen LogP contribution in [0.25, 0.3) is 0 Å². The van der Waals surface area contributed by atoms with E-state index in [4.69, 9.17) is 4.74 Å². The molecular weight excluding hydrogens is 267 g/mol. The third kappa shape index (κ3) is 3.51. The number of aromatic nitrogens is 1. The molecule has 2 rings (SSSR count). The van der Waals surface area contributed by atoms with Gasteiger partial charge >= 0.3 is 5.97 Å². The van der Waals surface area contributed by atoms with Crippen molar-refractivity contribution in [3.05, 3.63) is 29.8 Å². The van der Waals surface area contributed by atoms with E-state index in [-0.39, 0.29) is 30.4 Å². The molecule has 1 saturated heterocycles. The number of ether oxygens (including phenoxy) is 2. The summed E-state index contributed by atoms with van der Waals surface area (Å²) in [5.41, 5.74) is 0.233. The summed E-state index contributed by atoms with van der Waals surface area (Å²) in [6.45, 7) is 1.01. The average molecular weight is 282 g/mol. The second-order valence-electron chi connectivity index (χ2n) is 4.39. The summed E-state index contributed by atoms with van der Waals surface area (Å²) >= 11 is 0. The van der Waals surface area contributed by atoms with Crippen LogP contribution in [0.15, 0.2) is 18.3 Å². The smallest absolute Gasteiger partial charge is 0.308 e. The number of halogens is 1. The number of methoxy groups -OCH3 is 1. The summed E-state index contributed by atoms with van der Waals surface area (Å²) in [6.07, 6.45) is 0.937. The van der Waals surface area contributed by atoms with Gasteiger partial charge in [0.1, 0.15) is 0 Å². The first-order chi connectivity index (χ1) is 9.60. The van der Waals surface area contributed by atoms with Crippen molar-refractivity contribution >= 4 is 11.9 Å². The van der Waals surface area contributed by atoms with Gasteiger partial charge in [-0.25, -0.2) is 4.98 Å². The van der Waals surface area contributed by atoms with Crippen LogP contribution in [0.1, 0.15) is 16.8 Å². The summed E-state index contributed by atoms with van der Waals surface area (Å²) in [5.74, 6) is -1.39. The number of carbonyl (C=O) groups is 2. The number of carbonyl (C=O) groups excluding carboxylic acids is 2. The lowest BCUT2D eigenvalue weighted by Gasteiger charge is -2.32. The lowest BCUT2D eigenvalue weighted by molar-refractivity contribution is -0.145. The molecule has 1 amide bonds. The minimum atomic E-state index is -0.699. The highest BCUT2D eigenvalue weighted by Crippen LogP contribution is 2.13. The van der Waals surface area contributed by atoms with Gasteiger partial charge in [-0.3, -0.25) is 9.59 Å². The predicted octanol–water partition coefficient (Wildman–Crippen LogP) is 0.625. The zero-order valence-corrected chi connectivity index (χ0v) is 11.0. The van der Waals surface area contributed by atoms with Crippen molar-refractivity contribution in [2.75, 3.05) is 26.8 Å². The number of rotatable bonds is 3. The van der Waals surface area contributed by atoms with Gasteiger partial charge in [0.15, 0.2) is 0 Å². The quantitative estimate of drug-likeness (QED) is 0.600. The molecule has 1 aromatic rings. The summed E-state index contributed by atoms with van der Waals surface area (Å²) in [7, 11) is 1.30. The Morgan fingerprint density at radius 3 is 3.10 bits per heavy atom. The zero-order valence-electron chi connectivity index (χ0n) is 11.0.